The van der Waals surface area contributed by atoms with Crippen LogP contribution in [0.1, 0.15) is 18.1 Å². The molecule has 0 radical (unpaired) electrons. The molecule has 0 atom stereocenters. The molecular weight excluding hydrogens is 326 g/mol. The molecule has 0 unspecified atom stereocenters. The Hall–Kier alpha value is -3.40. The van der Waals surface area contributed by atoms with Crippen molar-refractivity contribution in [1.82, 2.24) is 0 Å². The molecule has 0 saturated carbocycles. The van der Waals surface area contributed by atoms with E-state index in [2.05, 4.69) is 17.3 Å². The second-order valence-corrected chi connectivity index (χ2v) is 5.74. The lowest BCUT2D eigenvalue weighted by molar-refractivity contribution is 0.0519. The summed E-state index contributed by atoms with van der Waals surface area (Å²) in [5.41, 5.74) is 4.63. The quantitative estimate of drug-likeness (QED) is 0.268. The molecule has 130 valence electrons. The van der Waals surface area contributed by atoms with Crippen molar-refractivity contribution < 1.29 is 14.4 Å². The number of rotatable bonds is 5. The molecule has 0 aromatic heterocycles. The fourth-order valence-corrected chi connectivity index (χ4v) is 2.44. The Morgan fingerprint density at radius 1 is 0.808 bits per heavy atom. The highest BCUT2D eigenvalue weighted by Crippen LogP contribution is 2.19. The highest BCUT2D eigenvalue weighted by molar-refractivity contribution is 5.98. The van der Waals surface area contributed by atoms with Gasteiger partial charge >= 0.3 is 6.16 Å². The molecule has 0 aliphatic rings. The molecule has 3 aromatic carbocycles. The van der Waals surface area contributed by atoms with Gasteiger partial charge < -0.3 is 4.74 Å². The van der Waals surface area contributed by atoms with Crippen LogP contribution in [0.3, 0.4) is 0 Å². The van der Waals surface area contributed by atoms with Gasteiger partial charge in [0.25, 0.3) is 0 Å². The maximum absolute atomic E-state index is 11.6. The summed E-state index contributed by atoms with van der Waals surface area (Å²) in [7, 11) is 0. The van der Waals surface area contributed by atoms with Gasteiger partial charge in [0, 0.05) is 0 Å². The molecule has 0 amide bonds. The summed E-state index contributed by atoms with van der Waals surface area (Å²) in [5.74, 6) is 0. The summed E-state index contributed by atoms with van der Waals surface area (Å²) >= 11 is 0. The Morgan fingerprint density at radius 2 is 1.38 bits per heavy atom. The largest absolute Gasteiger partial charge is 0.535 e. The lowest BCUT2D eigenvalue weighted by Crippen LogP contribution is -2.06. The predicted octanol–water partition coefficient (Wildman–Crippen LogP) is 5.43. The number of oxime groups is 1. The van der Waals surface area contributed by atoms with E-state index in [9.17, 15) is 4.79 Å². The third-order valence-corrected chi connectivity index (χ3v) is 3.87. The van der Waals surface area contributed by atoms with Crippen molar-refractivity contribution in [1.29, 1.82) is 0 Å². The van der Waals surface area contributed by atoms with Crippen LogP contribution in [0.15, 0.2) is 90.1 Å². The van der Waals surface area contributed by atoms with Gasteiger partial charge in [-0.3, -0.25) is 4.84 Å². The van der Waals surface area contributed by atoms with Crippen LogP contribution in [0.4, 0.5) is 4.79 Å². The highest BCUT2D eigenvalue weighted by Gasteiger charge is 2.06. The Labute approximate surface area is 152 Å². The fourth-order valence-electron chi connectivity index (χ4n) is 2.44. The van der Waals surface area contributed by atoms with Crippen LogP contribution in [-0.2, 0) is 16.2 Å². The minimum Gasteiger partial charge on any atom is -0.428 e. The van der Waals surface area contributed by atoms with Gasteiger partial charge in [-0.25, -0.2) is 4.79 Å². The van der Waals surface area contributed by atoms with Crippen LogP contribution in [-0.4, -0.2) is 11.9 Å². The predicted molar refractivity (Wildman–Crippen MR) is 102 cm³/mol. The van der Waals surface area contributed by atoms with Gasteiger partial charge in [0.15, 0.2) is 0 Å². The first-order valence-electron chi connectivity index (χ1n) is 8.30. The van der Waals surface area contributed by atoms with Gasteiger partial charge in [-0.05, 0) is 29.2 Å². The first-order valence-corrected chi connectivity index (χ1v) is 8.30. The molecule has 0 aliphatic carbocycles. The topological polar surface area (TPSA) is 47.9 Å². The molecule has 3 aromatic rings. The Kier molecular flexibility index (Phi) is 5.78. The standard InChI is InChI=1S/C22H19NO3/c1-17(23-26-22(24)25-16-18-8-4-2-5-9-18)19-12-14-21(15-13-19)20-10-6-3-7-11-20/h2-15H,16H2,1H3/b23-17+. The smallest absolute Gasteiger partial charge is 0.428 e. The molecular formula is C22H19NO3. The fraction of sp³-hybridized carbons (Fsp3) is 0.0909. The summed E-state index contributed by atoms with van der Waals surface area (Å²) < 4.78 is 5.02. The number of benzene rings is 3. The maximum Gasteiger partial charge on any atom is 0.535 e. The first kappa shape index (κ1) is 17.4. The van der Waals surface area contributed by atoms with E-state index in [1.807, 2.05) is 72.8 Å². The number of hydrogen-bond acceptors (Lipinski definition) is 4. The minimum atomic E-state index is -0.825. The Balaban J connectivity index is 1.56. The van der Waals surface area contributed by atoms with Crippen LogP contribution in [0.25, 0.3) is 11.1 Å². The minimum absolute atomic E-state index is 0.153. The van der Waals surface area contributed by atoms with E-state index in [0.717, 1.165) is 22.3 Å². The number of nitrogens with zero attached hydrogens (tertiary/aromatic N) is 1. The van der Waals surface area contributed by atoms with Crippen molar-refractivity contribution in [3.8, 4) is 11.1 Å². The van der Waals surface area contributed by atoms with Crippen molar-refractivity contribution in [2.24, 2.45) is 5.16 Å². The molecule has 0 spiro atoms. The van der Waals surface area contributed by atoms with E-state index in [1.165, 1.54) is 0 Å². The van der Waals surface area contributed by atoms with E-state index < -0.39 is 6.16 Å². The molecule has 0 saturated heterocycles. The molecule has 0 N–H and O–H groups in total. The van der Waals surface area contributed by atoms with E-state index in [4.69, 9.17) is 9.57 Å². The van der Waals surface area contributed by atoms with Crippen molar-refractivity contribution in [2.75, 3.05) is 0 Å². The molecule has 4 heteroatoms. The highest BCUT2D eigenvalue weighted by atomic mass is 16.8. The zero-order valence-electron chi connectivity index (χ0n) is 14.5. The number of hydrogen-bond donors (Lipinski definition) is 0. The third kappa shape index (κ3) is 4.80. The molecule has 0 bridgehead atoms. The van der Waals surface area contributed by atoms with E-state index in [0.29, 0.717) is 5.71 Å². The number of carbonyl (C=O) groups is 1. The van der Waals surface area contributed by atoms with Gasteiger partial charge in [0.1, 0.15) is 6.61 Å². The normalized spacial score (nSPS) is 11.0. The summed E-state index contributed by atoms with van der Waals surface area (Å²) in [4.78, 5) is 16.5. The SMILES string of the molecule is C/C(=N\OC(=O)OCc1ccccc1)c1ccc(-c2ccccc2)cc1. The zero-order valence-corrected chi connectivity index (χ0v) is 14.5. The molecule has 0 aliphatic heterocycles. The second kappa shape index (κ2) is 8.62. The molecule has 4 nitrogen and oxygen atoms in total. The van der Waals surface area contributed by atoms with Crippen molar-refractivity contribution >= 4 is 11.9 Å². The number of carbonyl (C=O) groups excluding carboxylic acids is 1. The summed E-state index contributed by atoms with van der Waals surface area (Å²) in [6, 6.07) is 27.4. The summed E-state index contributed by atoms with van der Waals surface area (Å²) in [6.45, 7) is 1.93. The van der Waals surface area contributed by atoms with Crippen LogP contribution in [0, 0.1) is 0 Å². The van der Waals surface area contributed by atoms with E-state index in [-0.39, 0.29) is 6.61 Å². The molecule has 0 heterocycles. The molecule has 3 rings (SSSR count). The number of ether oxygens (including phenoxy) is 1. The lowest BCUT2D eigenvalue weighted by atomic mass is 10.0. The van der Waals surface area contributed by atoms with Gasteiger partial charge in [0.05, 0.1) is 5.71 Å². The maximum atomic E-state index is 11.6. The van der Waals surface area contributed by atoms with Gasteiger partial charge in [0.2, 0.25) is 0 Å². The van der Waals surface area contributed by atoms with Crippen molar-refractivity contribution in [3.05, 3.63) is 96.1 Å². The van der Waals surface area contributed by atoms with Crippen molar-refractivity contribution in [2.45, 2.75) is 13.5 Å². The third-order valence-electron chi connectivity index (χ3n) is 3.87. The van der Waals surface area contributed by atoms with Crippen LogP contribution in [0.5, 0.6) is 0 Å². The van der Waals surface area contributed by atoms with Crippen molar-refractivity contribution in [3.63, 3.8) is 0 Å². The van der Waals surface area contributed by atoms with Gasteiger partial charge in [-0.15, -0.1) is 0 Å². The lowest BCUT2D eigenvalue weighted by Gasteiger charge is -2.05. The second-order valence-electron chi connectivity index (χ2n) is 5.74. The van der Waals surface area contributed by atoms with Crippen LogP contribution in [0.2, 0.25) is 0 Å². The zero-order chi connectivity index (χ0) is 18.2. The van der Waals surface area contributed by atoms with Crippen LogP contribution >= 0.6 is 0 Å². The average Bonchev–Trinajstić information content (AvgIpc) is 2.72. The summed E-state index contributed by atoms with van der Waals surface area (Å²) in [6.07, 6.45) is -0.825. The average molecular weight is 345 g/mol. The van der Waals surface area contributed by atoms with Gasteiger partial charge in [-0.2, -0.15) is 0 Å². The molecule has 0 fully saturated rings. The summed E-state index contributed by atoms with van der Waals surface area (Å²) in [5, 5.41) is 3.85. The van der Waals surface area contributed by atoms with E-state index in [1.54, 1.807) is 6.92 Å². The van der Waals surface area contributed by atoms with Crippen LogP contribution < -0.4 is 0 Å². The monoisotopic (exact) mass is 345 g/mol. The first-order chi connectivity index (χ1) is 12.7. The Bertz CT molecular complexity index is 872. The molecule has 26 heavy (non-hydrogen) atoms. The Morgan fingerprint density at radius 3 is 2.04 bits per heavy atom. The van der Waals surface area contributed by atoms with E-state index >= 15 is 0 Å². The van der Waals surface area contributed by atoms with Gasteiger partial charge in [-0.1, -0.05) is 90.1 Å².